The van der Waals surface area contributed by atoms with Gasteiger partial charge in [0.15, 0.2) is 0 Å². The molecular formula is C12H20FNO3. The summed E-state index contributed by atoms with van der Waals surface area (Å²) in [5, 5.41) is 0. The number of amides is 1. The average Bonchev–Trinajstić information content (AvgIpc) is 2.18. The number of ether oxygens (including phenoxy) is 1. The Hall–Kier alpha value is -1.13. The van der Waals surface area contributed by atoms with Crippen LogP contribution in [0.3, 0.4) is 0 Å². The lowest BCUT2D eigenvalue weighted by molar-refractivity contribution is -0.109. The van der Waals surface area contributed by atoms with Crippen LogP contribution in [-0.2, 0) is 9.53 Å². The van der Waals surface area contributed by atoms with Gasteiger partial charge in [-0.05, 0) is 27.2 Å². The van der Waals surface area contributed by atoms with E-state index in [9.17, 15) is 14.0 Å². The fourth-order valence-electron chi connectivity index (χ4n) is 1.83. The van der Waals surface area contributed by atoms with Crippen LogP contribution in [0.1, 0.15) is 33.6 Å². The highest BCUT2D eigenvalue weighted by molar-refractivity contribution is 5.68. The number of carbonyl (C=O) groups excluding carboxylic acids is 2. The molecule has 4 nitrogen and oxygen atoms in total. The predicted octanol–water partition coefficient (Wildman–Crippen LogP) is 2.17. The lowest BCUT2D eigenvalue weighted by Gasteiger charge is -2.35. The van der Waals surface area contributed by atoms with Crippen molar-refractivity contribution in [3.8, 4) is 0 Å². The van der Waals surface area contributed by atoms with Crippen molar-refractivity contribution in [1.82, 2.24) is 4.90 Å². The van der Waals surface area contributed by atoms with Crippen molar-refractivity contribution in [1.29, 1.82) is 0 Å². The maximum Gasteiger partial charge on any atom is 0.410 e. The molecule has 1 amide bonds. The number of piperidine rings is 1. The molecule has 0 spiro atoms. The standard InChI is InChI=1S/C12H20FNO3/c1-12(2,3)17-11(16)14-6-4-9(5-7-15)10(13)8-14/h7,9-10H,4-6,8H2,1-3H3. The van der Waals surface area contributed by atoms with Crippen LogP contribution in [0, 0.1) is 5.92 Å². The third-order valence-electron chi connectivity index (χ3n) is 2.73. The lowest BCUT2D eigenvalue weighted by atomic mass is 9.92. The monoisotopic (exact) mass is 245 g/mol. The van der Waals surface area contributed by atoms with E-state index >= 15 is 0 Å². The maximum atomic E-state index is 13.7. The van der Waals surface area contributed by atoms with Gasteiger partial charge >= 0.3 is 6.09 Å². The Balaban J connectivity index is 2.49. The molecule has 0 bridgehead atoms. The highest BCUT2D eigenvalue weighted by Crippen LogP contribution is 2.24. The van der Waals surface area contributed by atoms with Crippen LogP contribution in [-0.4, -0.2) is 42.1 Å². The summed E-state index contributed by atoms with van der Waals surface area (Å²) in [5.74, 6) is -0.258. The minimum atomic E-state index is -1.14. The van der Waals surface area contributed by atoms with Crippen LogP contribution >= 0.6 is 0 Å². The quantitative estimate of drug-likeness (QED) is 0.700. The zero-order chi connectivity index (χ0) is 13.1. The predicted molar refractivity (Wildman–Crippen MR) is 61.5 cm³/mol. The fourth-order valence-corrected chi connectivity index (χ4v) is 1.83. The number of alkyl halides is 1. The number of halogens is 1. The number of aldehydes is 1. The van der Waals surface area contributed by atoms with Gasteiger partial charge in [0, 0.05) is 18.9 Å². The second kappa shape index (κ2) is 5.47. The highest BCUT2D eigenvalue weighted by atomic mass is 19.1. The molecule has 17 heavy (non-hydrogen) atoms. The SMILES string of the molecule is CC(C)(C)OC(=O)N1CCC(CC=O)C(F)C1. The summed E-state index contributed by atoms with van der Waals surface area (Å²) in [6.07, 6.45) is -0.144. The number of rotatable bonds is 2. The molecule has 0 aromatic rings. The molecule has 0 radical (unpaired) electrons. The topological polar surface area (TPSA) is 46.6 Å². The van der Waals surface area contributed by atoms with Crippen LogP contribution in [0.25, 0.3) is 0 Å². The van der Waals surface area contributed by atoms with Gasteiger partial charge in [0.25, 0.3) is 0 Å². The number of likely N-dealkylation sites (tertiary alicyclic amines) is 1. The van der Waals surface area contributed by atoms with Crippen LogP contribution in [0.4, 0.5) is 9.18 Å². The molecule has 2 unspecified atom stereocenters. The average molecular weight is 245 g/mol. The van der Waals surface area contributed by atoms with E-state index in [4.69, 9.17) is 4.74 Å². The summed E-state index contributed by atoms with van der Waals surface area (Å²) in [4.78, 5) is 23.4. The van der Waals surface area contributed by atoms with Crippen molar-refractivity contribution in [2.75, 3.05) is 13.1 Å². The fraction of sp³-hybridized carbons (Fsp3) is 0.833. The molecule has 0 aliphatic carbocycles. The van der Waals surface area contributed by atoms with Crippen molar-refractivity contribution in [3.05, 3.63) is 0 Å². The Morgan fingerprint density at radius 2 is 2.18 bits per heavy atom. The number of hydrogen-bond acceptors (Lipinski definition) is 3. The lowest BCUT2D eigenvalue weighted by Crippen LogP contribution is -2.46. The first kappa shape index (κ1) is 13.9. The van der Waals surface area contributed by atoms with E-state index in [-0.39, 0.29) is 18.9 Å². The molecule has 2 atom stereocenters. The molecule has 0 aromatic carbocycles. The number of carbonyl (C=O) groups is 2. The molecule has 1 rings (SSSR count). The van der Waals surface area contributed by atoms with Gasteiger partial charge in [0.05, 0.1) is 6.54 Å². The van der Waals surface area contributed by atoms with Crippen LogP contribution in [0.2, 0.25) is 0 Å². The Labute approximate surface area is 101 Å². The summed E-state index contributed by atoms with van der Waals surface area (Å²) in [6.45, 7) is 5.80. The van der Waals surface area contributed by atoms with E-state index in [2.05, 4.69) is 0 Å². The van der Waals surface area contributed by atoms with Crippen molar-refractivity contribution in [2.24, 2.45) is 5.92 Å². The van der Waals surface area contributed by atoms with Crippen molar-refractivity contribution < 1.29 is 18.7 Å². The van der Waals surface area contributed by atoms with Gasteiger partial charge in [-0.15, -0.1) is 0 Å². The normalized spacial score (nSPS) is 25.5. The minimum absolute atomic E-state index is 0.0212. The molecule has 5 heteroatoms. The summed E-state index contributed by atoms with van der Waals surface area (Å²) < 4.78 is 18.8. The zero-order valence-electron chi connectivity index (χ0n) is 10.6. The van der Waals surface area contributed by atoms with E-state index in [1.54, 1.807) is 20.8 Å². The highest BCUT2D eigenvalue weighted by Gasteiger charge is 2.33. The summed E-state index contributed by atoms with van der Waals surface area (Å²) in [5.41, 5.74) is -0.567. The first-order chi connectivity index (χ1) is 7.83. The van der Waals surface area contributed by atoms with Crippen LogP contribution < -0.4 is 0 Å². The van der Waals surface area contributed by atoms with E-state index < -0.39 is 17.9 Å². The Morgan fingerprint density at radius 3 is 2.65 bits per heavy atom. The number of hydrogen-bond donors (Lipinski definition) is 0. The third kappa shape index (κ3) is 4.32. The summed E-state index contributed by atoms with van der Waals surface area (Å²) in [7, 11) is 0. The van der Waals surface area contributed by atoms with Gasteiger partial charge in [0.2, 0.25) is 0 Å². The van der Waals surface area contributed by atoms with Crippen molar-refractivity contribution in [2.45, 2.75) is 45.4 Å². The van der Waals surface area contributed by atoms with Gasteiger partial charge in [-0.2, -0.15) is 0 Å². The van der Waals surface area contributed by atoms with Gasteiger partial charge in [-0.1, -0.05) is 0 Å². The zero-order valence-corrected chi connectivity index (χ0v) is 10.6. The molecule has 98 valence electrons. The van der Waals surface area contributed by atoms with E-state index in [1.165, 1.54) is 4.90 Å². The Morgan fingerprint density at radius 1 is 1.53 bits per heavy atom. The molecule has 1 fully saturated rings. The van der Waals surface area contributed by atoms with Gasteiger partial charge in [-0.3, -0.25) is 0 Å². The van der Waals surface area contributed by atoms with Gasteiger partial charge < -0.3 is 14.4 Å². The molecule has 1 aliphatic heterocycles. The van der Waals surface area contributed by atoms with E-state index in [0.717, 1.165) is 6.29 Å². The minimum Gasteiger partial charge on any atom is -0.444 e. The van der Waals surface area contributed by atoms with Gasteiger partial charge in [0.1, 0.15) is 18.1 Å². The van der Waals surface area contributed by atoms with E-state index in [1.807, 2.05) is 0 Å². The first-order valence-electron chi connectivity index (χ1n) is 5.89. The molecule has 0 aromatic heterocycles. The smallest absolute Gasteiger partial charge is 0.410 e. The number of nitrogens with zero attached hydrogens (tertiary/aromatic N) is 1. The summed E-state index contributed by atoms with van der Waals surface area (Å²) in [6, 6.07) is 0. The largest absolute Gasteiger partial charge is 0.444 e. The van der Waals surface area contributed by atoms with Crippen LogP contribution in [0.15, 0.2) is 0 Å². The molecule has 1 aliphatic rings. The van der Waals surface area contributed by atoms with Crippen molar-refractivity contribution in [3.63, 3.8) is 0 Å². The second-order valence-electron chi connectivity index (χ2n) is 5.39. The molecule has 1 heterocycles. The Bertz CT molecular complexity index is 288. The maximum absolute atomic E-state index is 13.7. The molecular weight excluding hydrogens is 225 g/mol. The van der Waals surface area contributed by atoms with Crippen LogP contribution in [0.5, 0.6) is 0 Å². The van der Waals surface area contributed by atoms with E-state index in [0.29, 0.717) is 13.0 Å². The van der Waals surface area contributed by atoms with Crippen molar-refractivity contribution >= 4 is 12.4 Å². The van der Waals surface area contributed by atoms with Gasteiger partial charge in [-0.25, -0.2) is 9.18 Å². The third-order valence-corrected chi connectivity index (χ3v) is 2.73. The Kier molecular flexibility index (Phi) is 4.48. The first-order valence-corrected chi connectivity index (χ1v) is 5.89. The molecule has 0 N–H and O–H groups in total. The molecule has 1 saturated heterocycles. The molecule has 0 saturated carbocycles. The second-order valence-corrected chi connectivity index (χ2v) is 5.39. The summed E-state index contributed by atoms with van der Waals surface area (Å²) >= 11 is 0.